The van der Waals surface area contributed by atoms with E-state index in [2.05, 4.69) is 20.6 Å². The fraction of sp³-hybridized carbons (Fsp3) is 0.333. The zero-order chi connectivity index (χ0) is 19.1. The number of nitrogens with zero attached hydrogens (tertiary/aromatic N) is 5. The van der Waals surface area contributed by atoms with Gasteiger partial charge in [0.25, 0.3) is 5.56 Å². The maximum Gasteiger partial charge on any atom is 0.262 e. The van der Waals surface area contributed by atoms with Gasteiger partial charge in [0.2, 0.25) is 5.91 Å². The van der Waals surface area contributed by atoms with Crippen molar-refractivity contribution in [2.45, 2.75) is 33.4 Å². The first-order chi connectivity index (χ1) is 12.9. The van der Waals surface area contributed by atoms with Crippen molar-refractivity contribution in [1.29, 1.82) is 0 Å². The smallest absolute Gasteiger partial charge is 0.262 e. The lowest BCUT2D eigenvalue weighted by molar-refractivity contribution is -0.130. The van der Waals surface area contributed by atoms with Gasteiger partial charge in [-0.3, -0.25) is 18.6 Å². The Morgan fingerprint density at radius 3 is 2.96 bits per heavy atom. The molecule has 0 atom stereocenters. The molecule has 4 rings (SSSR count). The summed E-state index contributed by atoms with van der Waals surface area (Å²) in [5.74, 6) is -0.0198. The summed E-state index contributed by atoms with van der Waals surface area (Å²) in [6.45, 7) is 4.81. The number of aryl methyl sites for hydroxylation is 3. The van der Waals surface area contributed by atoms with Crippen molar-refractivity contribution in [3.8, 4) is 0 Å². The fourth-order valence-corrected chi connectivity index (χ4v) is 4.69. The van der Waals surface area contributed by atoms with Crippen molar-refractivity contribution in [3.05, 3.63) is 50.6 Å². The van der Waals surface area contributed by atoms with Crippen molar-refractivity contribution >= 4 is 43.8 Å². The summed E-state index contributed by atoms with van der Waals surface area (Å²) in [6, 6.07) is 1.77. The van der Waals surface area contributed by atoms with Crippen LogP contribution in [0.5, 0.6) is 0 Å². The molecule has 0 N–H and O–H groups in total. The van der Waals surface area contributed by atoms with E-state index in [1.807, 2.05) is 19.2 Å². The van der Waals surface area contributed by atoms with Gasteiger partial charge in [0.1, 0.15) is 4.83 Å². The van der Waals surface area contributed by atoms with Crippen molar-refractivity contribution in [3.63, 3.8) is 0 Å². The highest BCUT2D eigenvalue weighted by molar-refractivity contribution is 7.17. The van der Waals surface area contributed by atoms with Crippen LogP contribution in [0, 0.1) is 13.8 Å². The molecular weight excluding hydrogens is 382 g/mol. The average molecular weight is 402 g/mol. The second-order valence-electron chi connectivity index (χ2n) is 6.52. The predicted molar refractivity (Wildman–Crippen MR) is 108 cm³/mol. The van der Waals surface area contributed by atoms with Crippen molar-refractivity contribution < 1.29 is 4.79 Å². The van der Waals surface area contributed by atoms with E-state index >= 15 is 0 Å². The topological polar surface area (TPSA) is 72.5 Å². The summed E-state index contributed by atoms with van der Waals surface area (Å²) < 4.78 is 3.56. The molecule has 0 unspecified atom stereocenters. The molecule has 4 aromatic heterocycles. The van der Waals surface area contributed by atoms with E-state index in [0.29, 0.717) is 18.5 Å². The molecule has 0 aliphatic heterocycles. The van der Waals surface area contributed by atoms with Crippen molar-refractivity contribution in [2.75, 3.05) is 7.05 Å². The van der Waals surface area contributed by atoms with E-state index < -0.39 is 0 Å². The molecular formula is C18H19N5O2S2. The third-order valence-electron chi connectivity index (χ3n) is 4.57. The first-order valence-corrected chi connectivity index (χ1v) is 10.2. The Balaban J connectivity index is 1.46. The van der Waals surface area contributed by atoms with Crippen LogP contribution in [0.2, 0.25) is 0 Å². The van der Waals surface area contributed by atoms with Crippen LogP contribution in [-0.4, -0.2) is 36.8 Å². The Morgan fingerprint density at radius 2 is 2.15 bits per heavy atom. The lowest BCUT2D eigenvalue weighted by Crippen LogP contribution is -2.29. The monoisotopic (exact) mass is 401 g/mol. The normalized spacial score (nSPS) is 11.5. The lowest BCUT2D eigenvalue weighted by Gasteiger charge is -2.17. The summed E-state index contributed by atoms with van der Waals surface area (Å²) in [7, 11) is 1.78. The number of carbonyl (C=O) groups is 1. The number of hydrogen-bond acceptors (Lipinski definition) is 6. The minimum Gasteiger partial charge on any atom is -0.340 e. The van der Waals surface area contributed by atoms with Crippen LogP contribution in [0.4, 0.5) is 0 Å². The maximum atomic E-state index is 12.6. The largest absolute Gasteiger partial charge is 0.340 e. The van der Waals surface area contributed by atoms with Crippen LogP contribution in [0.15, 0.2) is 28.8 Å². The molecule has 0 aliphatic rings. The second kappa shape index (κ2) is 6.90. The van der Waals surface area contributed by atoms with Gasteiger partial charge in [0, 0.05) is 31.1 Å². The molecule has 0 saturated heterocycles. The molecule has 0 saturated carbocycles. The average Bonchev–Trinajstić information content (AvgIpc) is 3.31. The quantitative estimate of drug-likeness (QED) is 0.515. The first kappa shape index (κ1) is 17.9. The third-order valence-corrected chi connectivity index (χ3v) is 6.29. The van der Waals surface area contributed by atoms with Gasteiger partial charge in [0.05, 0.1) is 29.6 Å². The number of amides is 1. The third kappa shape index (κ3) is 3.28. The van der Waals surface area contributed by atoms with Gasteiger partial charge in [-0.15, -0.1) is 22.7 Å². The summed E-state index contributed by atoms with van der Waals surface area (Å²) in [4.78, 5) is 38.4. The van der Waals surface area contributed by atoms with Gasteiger partial charge in [0.15, 0.2) is 4.96 Å². The minimum absolute atomic E-state index is 0.0198. The number of thiophene rings is 1. The zero-order valence-corrected chi connectivity index (χ0v) is 16.9. The Kier molecular flexibility index (Phi) is 4.56. The molecule has 1 amide bonds. The number of imidazole rings is 1. The number of rotatable bonds is 5. The van der Waals surface area contributed by atoms with E-state index in [9.17, 15) is 9.59 Å². The number of fused-ring (bicyclic) bond motifs is 2. The molecule has 9 heteroatoms. The van der Waals surface area contributed by atoms with Gasteiger partial charge in [-0.25, -0.2) is 9.97 Å². The zero-order valence-electron chi connectivity index (χ0n) is 15.3. The Labute approximate surface area is 163 Å². The highest BCUT2D eigenvalue weighted by Crippen LogP contribution is 2.21. The molecule has 0 bridgehead atoms. The maximum absolute atomic E-state index is 12.6. The van der Waals surface area contributed by atoms with E-state index in [-0.39, 0.29) is 17.9 Å². The molecule has 4 aromatic rings. The lowest BCUT2D eigenvalue weighted by atomic mass is 10.3. The molecule has 0 fully saturated rings. The first-order valence-electron chi connectivity index (χ1n) is 8.54. The van der Waals surface area contributed by atoms with E-state index in [4.69, 9.17) is 0 Å². The number of carbonyl (C=O) groups excluding carboxylic acids is 1. The van der Waals surface area contributed by atoms with Crippen molar-refractivity contribution in [2.24, 2.45) is 0 Å². The Hall–Kier alpha value is -2.52. The van der Waals surface area contributed by atoms with Crippen LogP contribution in [0.25, 0.3) is 15.2 Å². The molecule has 0 spiro atoms. The Morgan fingerprint density at radius 1 is 1.33 bits per heavy atom. The summed E-state index contributed by atoms with van der Waals surface area (Å²) in [5, 5.41) is 2.46. The fourth-order valence-electron chi connectivity index (χ4n) is 3.07. The second-order valence-corrected chi connectivity index (χ2v) is 8.63. The minimum atomic E-state index is -0.0983. The SMILES string of the molecule is Cc1cn2c(CN(C)C(=O)CCn3cnc4sccc4c3=O)c(C)nc2s1. The molecule has 27 heavy (non-hydrogen) atoms. The number of hydrogen-bond donors (Lipinski definition) is 0. The van der Waals surface area contributed by atoms with Crippen LogP contribution in [0.1, 0.15) is 22.7 Å². The van der Waals surface area contributed by atoms with Gasteiger partial charge in [-0.1, -0.05) is 0 Å². The summed E-state index contributed by atoms with van der Waals surface area (Å²) in [6.07, 6.45) is 3.82. The van der Waals surface area contributed by atoms with Gasteiger partial charge in [-0.05, 0) is 25.3 Å². The van der Waals surface area contributed by atoms with Crippen LogP contribution >= 0.6 is 22.7 Å². The highest BCUT2D eigenvalue weighted by Gasteiger charge is 2.16. The molecule has 0 aliphatic carbocycles. The summed E-state index contributed by atoms with van der Waals surface area (Å²) >= 11 is 3.08. The van der Waals surface area contributed by atoms with Crippen LogP contribution in [0.3, 0.4) is 0 Å². The number of aromatic nitrogens is 4. The summed E-state index contributed by atoms with van der Waals surface area (Å²) in [5.41, 5.74) is 1.85. The number of thiazole rings is 1. The molecule has 4 heterocycles. The van der Waals surface area contributed by atoms with E-state index in [1.54, 1.807) is 29.4 Å². The standard InChI is InChI=1S/C18H19N5O2S2/c1-11-8-23-14(12(2)20-18(23)27-11)9-21(3)15(24)4-6-22-10-19-16-13(17(22)25)5-7-26-16/h5,7-8,10H,4,6,9H2,1-3H3. The Bertz CT molecular complexity index is 1200. The van der Waals surface area contributed by atoms with Crippen molar-refractivity contribution in [1.82, 2.24) is 23.8 Å². The molecule has 0 radical (unpaired) electrons. The van der Waals surface area contributed by atoms with Crippen LogP contribution < -0.4 is 5.56 Å². The van der Waals surface area contributed by atoms with Gasteiger partial charge in [-0.2, -0.15) is 0 Å². The highest BCUT2D eigenvalue weighted by atomic mass is 32.1. The van der Waals surface area contributed by atoms with E-state index in [0.717, 1.165) is 21.2 Å². The molecule has 7 nitrogen and oxygen atoms in total. The molecule has 0 aromatic carbocycles. The predicted octanol–water partition coefficient (Wildman–Crippen LogP) is 2.83. The van der Waals surface area contributed by atoms with Gasteiger partial charge < -0.3 is 4.90 Å². The van der Waals surface area contributed by atoms with Gasteiger partial charge >= 0.3 is 0 Å². The van der Waals surface area contributed by atoms with E-state index in [1.165, 1.54) is 27.1 Å². The molecule has 140 valence electrons. The van der Waals surface area contributed by atoms with Crippen LogP contribution in [-0.2, 0) is 17.9 Å².